The fourth-order valence-corrected chi connectivity index (χ4v) is 3.61. The summed E-state index contributed by atoms with van der Waals surface area (Å²) < 4.78 is 11.2. The van der Waals surface area contributed by atoms with Gasteiger partial charge in [-0.3, -0.25) is 9.69 Å². The molecule has 2 aliphatic rings. The molecule has 9 heteroatoms. The van der Waals surface area contributed by atoms with E-state index >= 15 is 0 Å². The summed E-state index contributed by atoms with van der Waals surface area (Å²) in [7, 11) is 0. The van der Waals surface area contributed by atoms with E-state index in [4.69, 9.17) is 29.3 Å². The monoisotopic (exact) mass is 462 g/mol. The van der Waals surface area contributed by atoms with Gasteiger partial charge >= 0.3 is 11.9 Å². The van der Waals surface area contributed by atoms with Crippen LogP contribution in [0.4, 0.5) is 0 Å². The number of morpholine rings is 1. The molecule has 1 amide bonds. The Morgan fingerprint density at radius 2 is 1.67 bits per heavy atom. The second-order valence-electron chi connectivity index (χ2n) is 8.28. The number of hydrogen-bond acceptors (Lipinski definition) is 6. The van der Waals surface area contributed by atoms with Crippen molar-refractivity contribution < 1.29 is 34.1 Å². The van der Waals surface area contributed by atoms with Crippen molar-refractivity contribution in [3.05, 3.63) is 35.9 Å². The van der Waals surface area contributed by atoms with E-state index in [0.717, 1.165) is 63.5 Å². The Hall–Kier alpha value is -2.91. The van der Waals surface area contributed by atoms with Crippen molar-refractivity contribution in [2.45, 2.75) is 32.8 Å². The summed E-state index contributed by atoms with van der Waals surface area (Å²) in [5, 5.41) is 14.8. The lowest BCUT2D eigenvalue weighted by Crippen LogP contribution is -2.46. The van der Waals surface area contributed by atoms with Crippen molar-refractivity contribution in [1.29, 1.82) is 0 Å². The number of carboxylic acid groups (broad SMARTS) is 2. The van der Waals surface area contributed by atoms with Crippen molar-refractivity contribution >= 4 is 23.9 Å². The van der Waals surface area contributed by atoms with Gasteiger partial charge in [0, 0.05) is 31.7 Å². The maximum atomic E-state index is 12.5. The number of piperidine rings is 1. The highest BCUT2D eigenvalue weighted by Crippen LogP contribution is 2.24. The molecular formula is C24H34N2O7. The maximum Gasteiger partial charge on any atom is 0.414 e. The number of rotatable bonds is 6. The van der Waals surface area contributed by atoms with Gasteiger partial charge in [-0.1, -0.05) is 30.4 Å². The SMILES string of the molecule is CC(C)Oc1ccccc1/C=C/C1CCN(C(=O)CN2CCOCC2)CC1.O=C(O)C(=O)O. The van der Waals surface area contributed by atoms with Crippen LogP contribution in [0.25, 0.3) is 6.08 Å². The van der Waals surface area contributed by atoms with Crippen LogP contribution in [0.1, 0.15) is 32.3 Å². The smallest absolute Gasteiger partial charge is 0.414 e. The van der Waals surface area contributed by atoms with Crippen molar-refractivity contribution in [3.63, 3.8) is 0 Å². The predicted molar refractivity (Wildman–Crippen MR) is 123 cm³/mol. The number of hydrogen-bond donors (Lipinski definition) is 2. The summed E-state index contributed by atoms with van der Waals surface area (Å²) in [6.45, 7) is 9.53. The van der Waals surface area contributed by atoms with E-state index in [1.54, 1.807) is 0 Å². The Kier molecular flexibility index (Phi) is 10.9. The average Bonchev–Trinajstić information content (AvgIpc) is 2.79. The van der Waals surface area contributed by atoms with E-state index in [-0.39, 0.29) is 12.0 Å². The fourth-order valence-electron chi connectivity index (χ4n) is 3.61. The first-order chi connectivity index (χ1) is 15.8. The maximum absolute atomic E-state index is 12.5. The Labute approximate surface area is 194 Å². The molecule has 2 saturated heterocycles. The topological polar surface area (TPSA) is 117 Å². The molecule has 0 aliphatic carbocycles. The summed E-state index contributed by atoms with van der Waals surface area (Å²) in [4.78, 5) is 34.9. The predicted octanol–water partition coefficient (Wildman–Crippen LogP) is 2.21. The quantitative estimate of drug-likeness (QED) is 0.618. The summed E-state index contributed by atoms with van der Waals surface area (Å²) in [6, 6.07) is 8.16. The molecule has 3 rings (SSSR count). The zero-order valence-electron chi connectivity index (χ0n) is 19.3. The number of para-hydroxylation sites is 1. The van der Waals surface area contributed by atoms with Crippen molar-refractivity contribution in [2.75, 3.05) is 45.9 Å². The summed E-state index contributed by atoms with van der Waals surface area (Å²) in [5.41, 5.74) is 1.12. The third-order valence-corrected chi connectivity index (χ3v) is 5.37. The number of amides is 1. The van der Waals surface area contributed by atoms with Gasteiger partial charge in [-0.05, 0) is 38.7 Å². The summed E-state index contributed by atoms with van der Waals surface area (Å²) in [5.74, 6) is -1.94. The lowest BCUT2D eigenvalue weighted by atomic mass is 9.95. The molecule has 2 heterocycles. The minimum absolute atomic E-state index is 0.167. The third-order valence-electron chi connectivity index (χ3n) is 5.37. The van der Waals surface area contributed by atoms with Crippen molar-refractivity contribution in [3.8, 4) is 5.75 Å². The standard InChI is InChI=1S/C22H32N2O3.C2H2O4/c1-18(2)27-21-6-4-3-5-20(21)8-7-19-9-11-24(12-10-19)22(25)17-23-13-15-26-16-14-23;3-1(4)2(5)6/h3-8,18-19H,9-17H2,1-2H3;(H,3,4)(H,5,6)/b8-7+;. The van der Waals surface area contributed by atoms with E-state index in [2.05, 4.69) is 23.1 Å². The molecule has 0 saturated carbocycles. The molecule has 182 valence electrons. The molecule has 33 heavy (non-hydrogen) atoms. The Morgan fingerprint density at radius 3 is 2.24 bits per heavy atom. The molecule has 0 atom stereocenters. The average molecular weight is 463 g/mol. The van der Waals surface area contributed by atoms with Gasteiger partial charge in [-0.25, -0.2) is 9.59 Å². The van der Waals surface area contributed by atoms with Gasteiger partial charge in [0.25, 0.3) is 0 Å². The van der Waals surface area contributed by atoms with E-state index in [1.165, 1.54) is 0 Å². The second kappa shape index (κ2) is 13.6. The molecule has 0 unspecified atom stereocenters. The Bertz CT molecular complexity index is 799. The van der Waals surface area contributed by atoms with Crippen LogP contribution in [-0.4, -0.2) is 89.9 Å². The summed E-state index contributed by atoms with van der Waals surface area (Å²) >= 11 is 0. The number of allylic oxidation sites excluding steroid dienone is 1. The normalized spacial score (nSPS) is 17.5. The van der Waals surface area contributed by atoms with Crippen LogP contribution in [0.3, 0.4) is 0 Å². The number of ether oxygens (including phenoxy) is 2. The minimum atomic E-state index is -1.82. The van der Waals surface area contributed by atoms with Crippen molar-refractivity contribution in [1.82, 2.24) is 9.80 Å². The van der Waals surface area contributed by atoms with Crippen LogP contribution in [-0.2, 0) is 19.1 Å². The second-order valence-corrected chi connectivity index (χ2v) is 8.28. The van der Waals surface area contributed by atoms with Gasteiger partial charge < -0.3 is 24.6 Å². The zero-order valence-corrected chi connectivity index (χ0v) is 19.3. The molecule has 0 bridgehead atoms. The Morgan fingerprint density at radius 1 is 1.06 bits per heavy atom. The van der Waals surface area contributed by atoms with E-state index in [0.29, 0.717) is 12.5 Å². The molecule has 2 fully saturated rings. The lowest BCUT2D eigenvalue weighted by molar-refractivity contribution is -0.159. The molecule has 0 spiro atoms. The molecule has 1 aromatic rings. The van der Waals surface area contributed by atoms with Gasteiger partial charge in [0.15, 0.2) is 0 Å². The molecule has 0 radical (unpaired) electrons. The number of aliphatic carboxylic acids is 2. The molecule has 1 aromatic carbocycles. The van der Waals surface area contributed by atoms with Crippen LogP contribution in [0.15, 0.2) is 30.3 Å². The zero-order chi connectivity index (χ0) is 24.2. The highest BCUT2D eigenvalue weighted by atomic mass is 16.5. The van der Waals surface area contributed by atoms with Crippen molar-refractivity contribution in [2.24, 2.45) is 5.92 Å². The molecule has 9 nitrogen and oxygen atoms in total. The molecule has 2 aliphatic heterocycles. The number of carbonyl (C=O) groups is 3. The third kappa shape index (κ3) is 9.63. The first kappa shape index (κ1) is 26.3. The van der Waals surface area contributed by atoms with Gasteiger partial charge in [-0.15, -0.1) is 0 Å². The van der Waals surface area contributed by atoms with E-state index < -0.39 is 11.9 Å². The van der Waals surface area contributed by atoms with E-state index in [9.17, 15) is 4.79 Å². The van der Waals surface area contributed by atoms with Crippen LogP contribution in [0.2, 0.25) is 0 Å². The molecular weight excluding hydrogens is 428 g/mol. The lowest BCUT2D eigenvalue weighted by Gasteiger charge is -2.33. The number of carboxylic acids is 2. The summed E-state index contributed by atoms with van der Waals surface area (Å²) in [6.07, 6.45) is 6.68. The van der Waals surface area contributed by atoms with Crippen LogP contribution >= 0.6 is 0 Å². The highest BCUT2D eigenvalue weighted by Gasteiger charge is 2.23. The van der Waals surface area contributed by atoms with Crippen LogP contribution in [0.5, 0.6) is 5.75 Å². The van der Waals surface area contributed by atoms with Gasteiger partial charge in [0.2, 0.25) is 5.91 Å². The van der Waals surface area contributed by atoms with Gasteiger partial charge in [0.1, 0.15) is 5.75 Å². The number of carbonyl (C=O) groups excluding carboxylic acids is 1. The number of benzene rings is 1. The Balaban J connectivity index is 0.000000569. The fraction of sp³-hybridized carbons (Fsp3) is 0.542. The number of nitrogens with zero attached hydrogens (tertiary/aromatic N) is 2. The largest absolute Gasteiger partial charge is 0.490 e. The van der Waals surface area contributed by atoms with Gasteiger partial charge in [-0.2, -0.15) is 0 Å². The minimum Gasteiger partial charge on any atom is -0.490 e. The molecule has 2 N–H and O–H groups in total. The van der Waals surface area contributed by atoms with E-state index in [1.807, 2.05) is 36.9 Å². The number of likely N-dealkylation sites (tertiary alicyclic amines) is 1. The van der Waals surface area contributed by atoms with Crippen LogP contribution in [0, 0.1) is 5.92 Å². The first-order valence-electron chi connectivity index (χ1n) is 11.2. The van der Waals surface area contributed by atoms with Crippen LogP contribution < -0.4 is 4.74 Å². The highest BCUT2D eigenvalue weighted by molar-refractivity contribution is 6.27. The first-order valence-corrected chi connectivity index (χ1v) is 11.2. The van der Waals surface area contributed by atoms with Gasteiger partial charge in [0.05, 0.1) is 25.9 Å². The molecule has 0 aromatic heterocycles.